The number of anilines is 1. The zero-order valence-corrected chi connectivity index (χ0v) is 14.3. The molecule has 0 bridgehead atoms. The van der Waals surface area contributed by atoms with Crippen LogP contribution in [0.2, 0.25) is 0 Å². The molecule has 0 saturated carbocycles. The SMILES string of the molecule is Cc1ccc(C)c(OS(=O)(=O)c2ccc(N3CCNC3=O)cc2)c1. The van der Waals surface area contributed by atoms with Gasteiger partial charge in [0.05, 0.1) is 0 Å². The predicted molar refractivity (Wildman–Crippen MR) is 90.9 cm³/mol. The average molecular weight is 346 g/mol. The van der Waals surface area contributed by atoms with E-state index in [2.05, 4.69) is 5.32 Å². The smallest absolute Gasteiger partial charge is 0.339 e. The highest BCUT2D eigenvalue weighted by Gasteiger charge is 2.23. The summed E-state index contributed by atoms with van der Waals surface area (Å²) in [6, 6.07) is 11.3. The number of aryl methyl sites for hydroxylation is 2. The number of nitrogens with one attached hydrogen (secondary N) is 1. The summed E-state index contributed by atoms with van der Waals surface area (Å²) in [5.41, 5.74) is 2.31. The molecule has 1 aliphatic heterocycles. The maximum Gasteiger partial charge on any atom is 0.339 e. The topological polar surface area (TPSA) is 75.7 Å². The quantitative estimate of drug-likeness (QED) is 0.864. The minimum Gasteiger partial charge on any atom is -0.379 e. The Hall–Kier alpha value is -2.54. The molecule has 126 valence electrons. The molecule has 0 aliphatic carbocycles. The van der Waals surface area contributed by atoms with E-state index in [1.807, 2.05) is 19.1 Å². The van der Waals surface area contributed by atoms with E-state index < -0.39 is 10.1 Å². The number of hydrogen-bond donors (Lipinski definition) is 1. The molecule has 2 amide bonds. The second-order valence-corrected chi connectivity index (χ2v) is 7.23. The van der Waals surface area contributed by atoms with E-state index in [9.17, 15) is 13.2 Å². The minimum absolute atomic E-state index is 0.0479. The van der Waals surface area contributed by atoms with Gasteiger partial charge in [0, 0.05) is 18.8 Å². The molecule has 1 fully saturated rings. The fourth-order valence-corrected chi connectivity index (χ4v) is 3.46. The number of carbonyl (C=O) groups is 1. The van der Waals surface area contributed by atoms with Gasteiger partial charge >= 0.3 is 16.1 Å². The number of amides is 2. The molecule has 7 heteroatoms. The normalized spacial score (nSPS) is 14.6. The van der Waals surface area contributed by atoms with Gasteiger partial charge in [-0.3, -0.25) is 4.90 Å². The van der Waals surface area contributed by atoms with Gasteiger partial charge in [0.25, 0.3) is 0 Å². The first-order chi connectivity index (χ1) is 11.4. The number of urea groups is 1. The van der Waals surface area contributed by atoms with E-state index in [0.29, 0.717) is 24.5 Å². The Morgan fingerprint density at radius 1 is 1.08 bits per heavy atom. The lowest BCUT2D eigenvalue weighted by Crippen LogP contribution is -2.27. The van der Waals surface area contributed by atoms with E-state index in [1.165, 1.54) is 12.1 Å². The zero-order chi connectivity index (χ0) is 17.3. The van der Waals surface area contributed by atoms with Crippen molar-refractivity contribution in [2.75, 3.05) is 18.0 Å². The van der Waals surface area contributed by atoms with Crippen LogP contribution in [0.25, 0.3) is 0 Å². The molecule has 0 spiro atoms. The molecular weight excluding hydrogens is 328 g/mol. The molecule has 1 saturated heterocycles. The van der Waals surface area contributed by atoms with Crippen molar-refractivity contribution in [2.24, 2.45) is 0 Å². The summed E-state index contributed by atoms with van der Waals surface area (Å²) in [5, 5.41) is 2.70. The van der Waals surface area contributed by atoms with Crippen LogP contribution in [0.4, 0.5) is 10.5 Å². The van der Waals surface area contributed by atoms with Gasteiger partial charge < -0.3 is 9.50 Å². The van der Waals surface area contributed by atoms with Crippen molar-refractivity contribution in [3.63, 3.8) is 0 Å². The van der Waals surface area contributed by atoms with Crippen molar-refractivity contribution in [3.05, 3.63) is 53.6 Å². The lowest BCUT2D eigenvalue weighted by atomic mass is 10.1. The van der Waals surface area contributed by atoms with Crippen LogP contribution in [0.3, 0.4) is 0 Å². The zero-order valence-electron chi connectivity index (χ0n) is 13.4. The summed E-state index contributed by atoms with van der Waals surface area (Å²) in [6.07, 6.45) is 0. The summed E-state index contributed by atoms with van der Waals surface area (Å²) < 4.78 is 30.2. The fraction of sp³-hybridized carbons (Fsp3) is 0.235. The number of hydrogen-bond acceptors (Lipinski definition) is 4. The van der Waals surface area contributed by atoms with Gasteiger partial charge in [-0.15, -0.1) is 0 Å². The first-order valence-corrected chi connectivity index (χ1v) is 8.95. The van der Waals surface area contributed by atoms with Gasteiger partial charge in [-0.2, -0.15) is 8.42 Å². The van der Waals surface area contributed by atoms with E-state index in [4.69, 9.17) is 4.18 Å². The van der Waals surface area contributed by atoms with Gasteiger partial charge in [-0.05, 0) is 55.3 Å². The van der Waals surface area contributed by atoms with Gasteiger partial charge in [-0.25, -0.2) is 4.79 Å². The minimum atomic E-state index is -3.93. The molecule has 1 aliphatic rings. The van der Waals surface area contributed by atoms with Crippen molar-refractivity contribution in [1.82, 2.24) is 5.32 Å². The molecule has 0 radical (unpaired) electrons. The highest BCUT2D eigenvalue weighted by atomic mass is 32.2. The Balaban J connectivity index is 1.84. The molecule has 6 nitrogen and oxygen atoms in total. The Kier molecular flexibility index (Phi) is 4.19. The van der Waals surface area contributed by atoms with Crippen molar-refractivity contribution in [2.45, 2.75) is 18.7 Å². The van der Waals surface area contributed by atoms with Crippen LogP contribution in [-0.4, -0.2) is 27.5 Å². The lowest BCUT2D eigenvalue weighted by molar-refractivity contribution is 0.252. The monoisotopic (exact) mass is 346 g/mol. The van der Waals surface area contributed by atoms with E-state index in [0.717, 1.165) is 11.1 Å². The summed E-state index contributed by atoms with van der Waals surface area (Å²) >= 11 is 0. The van der Waals surface area contributed by atoms with E-state index in [-0.39, 0.29) is 10.9 Å². The highest BCUT2D eigenvalue weighted by molar-refractivity contribution is 7.87. The van der Waals surface area contributed by atoms with Crippen LogP contribution in [0, 0.1) is 13.8 Å². The molecule has 0 unspecified atom stereocenters. The Morgan fingerprint density at radius 2 is 1.79 bits per heavy atom. The Labute approximate surface area is 141 Å². The van der Waals surface area contributed by atoms with Crippen molar-refractivity contribution in [3.8, 4) is 5.75 Å². The molecule has 2 aromatic rings. The maximum atomic E-state index is 12.4. The van der Waals surface area contributed by atoms with Crippen LogP contribution < -0.4 is 14.4 Å². The molecule has 1 N–H and O–H groups in total. The molecule has 24 heavy (non-hydrogen) atoms. The van der Waals surface area contributed by atoms with Crippen LogP contribution >= 0.6 is 0 Å². The molecule has 0 aromatic heterocycles. The van der Waals surface area contributed by atoms with Crippen LogP contribution in [0.5, 0.6) is 5.75 Å². The van der Waals surface area contributed by atoms with E-state index >= 15 is 0 Å². The number of nitrogens with zero attached hydrogens (tertiary/aromatic N) is 1. The summed E-state index contributed by atoms with van der Waals surface area (Å²) in [5.74, 6) is 0.318. The third kappa shape index (κ3) is 3.21. The summed E-state index contributed by atoms with van der Waals surface area (Å²) in [6.45, 7) is 4.80. The second kappa shape index (κ2) is 6.16. The van der Waals surface area contributed by atoms with Gasteiger partial charge in [-0.1, -0.05) is 12.1 Å². The van der Waals surface area contributed by atoms with Crippen LogP contribution in [-0.2, 0) is 10.1 Å². The third-order valence-electron chi connectivity index (χ3n) is 3.84. The molecule has 1 heterocycles. The molecular formula is C17H18N2O4S. The van der Waals surface area contributed by atoms with Gasteiger partial charge in [0.1, 0.15) is 10.6 Å². The number of rotatable bonds is 4. The van der Waals surface area contributed by atoms with Crippen LogP contribution in [0.15, 0.2) is 47.4 Å². The maximum absolute atomic E-state index is 12.4. The van der Waals surface area contributed by atoms with Crippen molar-refractivity contribution < 1.29 is 17.4 Å². The van der Waals surface area contributed by atoms with Gasteiger partial charge in [0.2, 0.25) is 0 Å². The first kappa shape index (κ1) is 16.3. The largest absolute Gasteiger partial charge is 0.379 e. The number of benzene rings is 2. The standard InChI is InChI=1S/C17H18N2O4S/c1-12-3-4-13(2)16(11-12)23-24(21,22)15-7-5-14(6-8-15)19-10-9-18-17(19)20/h3-8,11H,9-10H2,1-2H3,(H,18,20). The van der Waals surface area contributed by atoms with E-state index in [1.54, 1.807) is 30.0 Å². The Bertz CT molecular complexity index is 876. The first-order valence-electron chi connectivity index (χ1n) is 7.54. The summed E-state index contributed by atoms with van der Waals surface area (Å²) in [7, 11) is -3.93. The third-order valence-corrected chi connectivity index (χ3v) is 5.09. The number of carbonyl (C=O) groups excluding carboxylic acids is 1. The van der Waals surface area contributed by atoms with Crippen LogP contribution in [0.1, 0.15) is 11.1 Å². The van der Waals surface area contributed by atoms with Crippen molar-refractivity contribution >= 4 is 21.8 Å². The Morgan fingerprint density at radius 3 is 2.42 bits per heavy atom. The second-order valence-electron chi connectivity index (χ2n) is 5.68. The predicted octanol–water partition coefficient (Wildman–Crippen LogP) is 2.60. The molecule has 2 aromatic carbocycles. The molecule has 3 rings (SSSR count). The lowest BCUT2D eigenvalue weighted by Gasteiger charge is -2.15. The fourth-order valence-electron chi connectivity index (χ4n) is 2.47. The highest BCUT2D eigenvalue weighted by Crippen LogP contribution is 2.25. The van der Waals surface area contributed by atoms with Gasteiger partial charge in [0.15, 0.2) is 0 Å². The average Bonchev–Trinajstić information content (AvgIpc) is 2.97. The summed E-state index contributed by atoms with van der Waals surface area (Å²) in [4.78, 5) is 13.2. The van der Waals surface area contributed by atoms with Crippen molar-refractivity contribution in [1.29, 1.82) is 0 Å². The molecule has 0 atom stereocenters.